The summed E-state index contributed by atoms with van der Waals surface area (Å²) in [5.74, 6) is 0.719. The van der Waals surface area contributed by atoms with Gasteiger partial charge >= 0.3 is 0 Å². The molecule has 0 amide bonds. The Labute approximate surface area is 128 Å². The van der Waals surface area contributed by atoms with Gasteiger partial charge in [-0.05, 0) is 54.4 Å². The first kappa shape index (κ1) is 14.4. The van der Waals surface area contributed by atoms with Crippen molar-refractivity contribution in [2.24, 2.45) is 0 Å². The normalized spacial score (nSPS) is 14.6. The third-order valence-corrected chi connectivity index (χ3v) is 4.07. The van der Waals surface area contributed by atoms with E-state index in [2.05, 4.69) is 5.32 Å². The van der Waals surface area contributed by atoms with E-state index in [0.29, 0.717) is 13.0 Å². The number of nitrogens with one attached hydrogen (secondary N) is 1. The molecule has 0 bridgehead atoms. The maximum atomic E-state index is 13.4. The summed E-state index contributed by atoms with van der Waals surface area (Å²) in [4.78, 5) is 0. The van der Waals surface area contributed by atoms with E-state index in [0.717, 1.165) is 33.9 Å². The Morgan fingerprint density at radius 1 is 1.33 bits per heavy atom. The molecular weight excluding hydrogens is 289 g/mol. The minimum absolute atomic E-state index is 0.0208. The molecule has 2 nitrogen and oxygen atoms in total. The molecule has 0 saturated carbocycles. The molecule has 0 aromatic heterocycles. The van der Waals surface area contributed by atoms with Crippen LogP contribution in [0.3, 0.4) is 0 Å². The summed E-state index contributed by atoms with van der Waals surface area (Å²) in [6, 6.07) is 10.6. The van der Waals surface area contributed by atoms with Gasteiger partial charge in [-0.3, -0.25) is 0 Å². The van der Waals surface area contributed by atoms with Crippen molar-refractivity contribution in [3.8, 4) is 5.75 Å². The van der Waals surface area contributed by atoms with E-state index < -0.39 is 0 Å². The van der Waals surface area contributed by atoms with Crippen molar-refractivity contribution in [1.29, 1.82) is 0 Å². The van der Waals surface area contributed by atoms with Crippen LogP contribution in [0.5, 0.6) is 5.75 Å². The van der Waals surface area contributed by atoms with Crippen molar-refractivity contribution in [3.63, 3.8) is 0 Å². The number of hydrogen-bond donors (Lipinski definition) is 1. The van der Waals surface area contributed by atoms with Crippen molar-refractivity contribution in [3.05, 3.63) is 63.9 Å². The smallest absolute Gasteiger partial charge is 0.125 e. The van der Waals surface area contributed by atoms with E-state index in [1.54, 1.807) is 12.1 Å². The highest BCUT2D eigenvalue weighted by Gasteiger charge is 2.20. The van der Waals surface area contributed by atoms with E-state index in [-0.39, 0.29) is 11.9 Å². The molecular formula is C17H17ClFNO. The average Bonchev–Trinajstić information content (AvgIpc) is 2.92. The highest BCUT2D eigenvalue weighted by Crippen LogP contribution is 2.35. The van der Waals surface area contributed by atoms with Crippen LogP contribution in [-0.4, -0.2) is 13.7 Å². The monoisotopic (exact) mass is 305 g/mol. The summed E-state index contributed by atoms with van der Waals surface area (Å²) in [5, 5.41) is 3.96. The summed E-state index contributed by atoms with van der Waals surface area (Å²) >= 11 is 6.19. The number of halogens is 2. The molecule has 1 unspecified atom stereocenters. The van der Waals surface area contributed by atoms with E-state index in [1.807, 2.05) is 25.2 Å². The van der Waals surface area contributed by atoms with Crippen molar-refractivity contribution in [1.82, 2.24) is 5.32 Å². The van der Waals surface area contributed by atoms with Crippen LogP contribution in [0.15, 0.2) is 36.4 Å². The van der Waals surface area contributed by atoms with E-state index >= 15 is 0 Å². The van der Waals surface area contributed by atoms with Crippen LogP contribution in [0.25, 0.3) is 0 Å². The van der Waals surface area contributed by atoms with Gasteiger partial charge in [-0.15, -0.1) is 0 Å². The van der Waals surface area contributed by atoms with Gasteiger partial charge in [-0.1, -0.05) is 23.7 Å². The molecule has 1 aliphatic heterocycles. The molecule has 0 spiro atoms. The van der Waals surface area contributed by atoms with Crippen molar-refractivity contribution in [2.75, 3.05) is 13.7 Å². The maximum Gasteiger partial charge on any atom is 0.125 e. The van der Waals surface area contributed by atoms with Gasteiger partial charge in [0.05, 0.1) is 6.61 Å². The highest BCUT2D eigenvalue weighted by atomic mass is 35.5. The molecule has 1 heterocycles. The minimum Gasteiger partial charge on any atom is -0.493 e. The van der Waals surface area contributed by atoms with Crippen LogP contribution in [-0.2, 0) is 12.8 Å². The van der Waals surface area contributed by atoms with Gasteiger partial charge in [0.25, 0.3) is 0 Å². The number of benzene rings is 2. The molecule has 21 heavy (non-hydrogen) atoms. The Morgan fingerprint density at radius 2 is 2.19 bits per heavy atom. The highest BCUT2D eigenvalue weighted by molar-refractivity contribution is 6.30. The van der Waals surface area contributed by atoms with Crippen LogP contribution in [0.1, 0.15) is 22.7 Å². The van der Waals surface area contributed by atoms with Gasteiger partial charge in [0.2, 0.25) is 0 Å². The lowest BCUT2D eigenvalue weighted by molar-refractivity contribution is 0.352. The molecule has 0 fully saturated rings. The lowest BCUT2D eigenvalue weighted by atomic mass is 9.96. The van der Waals surface area contributed by atoms with Gasteiger partial charge in [0.1, 0.15) is 11.6 Å². The van der Waals surface area contributed by atoms with Gasteiger partial charge in [0, 0.05) is 17.5 Å². The number of likely N-dealkylation sites (N-methyl/N-ethyl adjacent to an activating group) is 1. The molecule has 1 atom stereocenters. The summed E-state index contributed by atoms with van der Waals surface area (Å²) in [7, 11) is 1.88. The molecule has 2 aromatic rings. The fourth-order valence-corrected chi connectivity index (χ4v) is 3.09. The average molecular weight is 306 g/mol. The van der Waals surface area contributed by atoms with Crippen LogP contribution >= 0.6 is 11.6 Å². The predicted molar refractivity (Wildman–Crippen MR) is 82.6 cm³/mol. The quantitative estimate of drug-likeness (QED) is 0.924. The Bertz CT molecular complexity index is 659. The van der Waals surface area contributed by atoms with E-state index in [4.69, 9.17) is 16.3 Å². The zero-order valence-corrected chi connectivity index (χ0v) is 12.6. The van der Waals surface area contributed by atoms with Crippen LogP contribution < -0.4 is 10.1 Å². The molecule has 0 radical (unpaired) electrons. The fourth-order valence-electron chi connectivity index (χ4n) is 2.83. The lowest BCUT2D eigenvalue weighted by Gasteiger charge is -2.18. The lowest BCUT2D eigenvalue weighted by Crippen LogP contribution is -2.19. The minimum atomic E-state index is -0.222. The molecule has 0 saturated heterocycles. The second kappa shape index (κ2) is 6.04. The zero-order chi connectivity index (χ0) is 14.8. The van der Waals surface area contributed by atoms with Gasteiger partial charge in [0.15, 0.2) is 0 Å². The first-order valence-corrected chi connectivity index (χ1v) is 7.42. The molecule has 3 rings (SSSR count). The molecule has 4 heteroatoms. The Morgan fingerprint density at radius 3 is 2.95 bits per heavy atom. The first-order chi connectivity index (χ1) is 10.2. The van der Waals surface area contributed by atoms with Crippen LogP contribution in [0.2, 0.25) is 5.02 Å². The molecule has 1 N–H and O–H groups in total. The SMILES string of the molecule is CNC(Cc1cc(Cl)cc2c1OCC2)c1cccc(F)c1. The largest absolute Gasteiger partial charge is 0.493 e. The first-order valence-electron chi connectivity index (χ1n) is 7.04. The Hall–Kier alpha value is -1.58. The van der Waals surface area contributed by atoms with Crippen molar-refractivity contribution < 1.29 is 9.13 Å². The van der Waals surface area contributed by atoms with Gasteiger partial charge in [-0.25, -0.2) is 4.39 Å². The molecule has 110 valence electrons. The Kier molecular flexibility index (Phi) is 4.13. The Balaban J connectivity index is 1.91. The zero-order valence-electron chi connectivity index (χ0n) is 11.8. The van der Waals surface area contributed by atoms with Crippen molar-refractivity contribution >= 4 is 11.6 Å². The molecule has 1 aliphatic rings. The molecule has 2 aromatic carbocycles. The summed E-state index contributed by atoms with van der Waals surface area (Å²) < 4.78 is 19.1. The second-order valence-electron chi connectivity index (χ2n) is 5.25. The topological polar surface area (TPSA) is 21.3 Å². The number of fused-ring (bicyclic) bond motifs is 1. The standard InChI is InChI=1S/C17H17ClFNO/c1-20-16(11-3-2-4-15(19)9-11)10-13-8-14(18)7-12-5-6-21-17(12)13/h2-4,7-9,16,20H,5-6,10H2,1H3. The maximum absolute atomic E-state index is 13.4. The summed E-state index contributed by atoms with van der Waals surface area (Å²) in [6.45, 7) is 0.701. The second-order valence-corrected chi connectivity index (χ2v) is 5.69. The molecule has 0 aliphatic carbocycles. The summed E-state index contributed by atoms with van der Waals surface area (Å²) in [6.07, 6.45) is 1.61. The summed E-state index contributed by atoms with van der Waals surface area (Å²) in [5.41, 5.74) is 3.15. The fraction of sp³-hybridized carbons (Fsp3) is 0.294. The number of rotatable bonds is 4. The third-order valence-electron chi connectivity index (χ3n) is 3.85. The number of hydrogen-bond acceptors (Lipinski definition) is 2. The van der Waals surface area contributed by atoms with Crippen molar-refractivity contribution in [2.45, 2.75) is 18.9 Å². The van der Waals surface area contributed by atoms with E-state index in [9.17, 15) is 4.39 Å². The van der Waals surface area contributed by atoms with E-state index in [1.165, 1.54) is 6.07 Å². The van der Waals surface area contributed by atoms with Crippen LogP contribution in [0.4, 0.5) is 4.39 Å². The van der Waals surface area contributed by atoms with Crippen LogP contribution in [0, 0.1) is 5.82 Å². The predicted octanol–water partition coefficient (Wildman–Crippen LogP) is 3.92. The van der Waals surface area contributed by atoms with Gasteiger partial charge in [-0.2, -0.15) is 0 Å². The third kappa shape index (κ3) is 3.04. The van der Waals surface area contributed by atoms with Gasteiger partial charge < -0.3 is 10.1 Å². The number of ether oxygens (including phenoxy) is 1.